The van der Waals surface area contributed by atoms with Crippen LogP contribution in [0.2, 0.25) is 0 Å². The SMILES string of the molecule is CCC(CNC(=O)c1ccc(=O)[nH]n1)c1ccccc1. The number of carbonyl (C=O) groups is 1. The van der Waals surface area contributed by atoms with Gasteiger partial charge in [0.25, 0.3) is 11.5 Å². The summed E-state index contributed by atoms with van der Waals surface area (Å²) in [6.07, 6.45) is 0.934. The molecule has 2 aromatic rings. The van der Waals surface area contributed by atoms with E-state index in [9.17, 15) is 9.59 Å². The molecule has 0 spiro atoms. The molecular weight excluding hydrogens is 254 g/mol. The van der Waals surface area contributed by atoms with Gasteiger partial charge in [-0.05, 0) is 18.1 Å². The molecule has 1 unspecified atom stereocenters. The fourth-order valence-electron chi connectivity index (χ4n) is 2.00. The molecule has 0 fully saturated rings. The predicted octanol–water partition coefficient (Wildman–Crippen LogP) is 1.69. The summed E-state index contributed by atoms with van der Waals surface area (Å²) in [6, 6.07) is 12.8. The van der Waals surface area contributed by atoms with Crippen molar-refractivity contribution < 1.29 is 4.79 Å². The van der Waals surface area contributed by atoms with E-state index in [-0.39, 0.29) is 23.1 Å². The van der Waals surface area contributed by atoms with Gasteiger partial charge in [-0.25, -0.2) is 5.10 Å². The third-order valence-electron chi connectivity index (χ3n) is 3.18. The summed E-state index contributed by atoms with van der Waals surface area (Å²) in [5, 5.41) is 8.80. The molecule has 0 aliphatic heterocycles. The Labute approximate surface area is 117 Å². The molecule has 1 amide bonds. The number of amides is 1. The van der Waals surface area contributed by atoms with Crippen LogP contribution >= 0.6 is 0 Å². The van der Waals surface area contributed by atoms with Crippen LogP contribution in [0.5, 0.6) is 0 Å². The molecule has 0 radical (unpaired) electrons. The van der Waals surface area contributed by atoms with Crippen LogP contribution in [0.1, 0.15) is 35.3 Å². The molecule has 2 N–H and O–H groups in total. The topological polar surface area (TPSA) is 74.8 Å². The Morgan fingerprint density at radius 1 is 1.25 bits per heavy atom. The first-order valence-corrected chi connectivity index (χ1v) is 6.59. The van der Waals surface area contributed by atoms with Gasteiger partial charge >= 0.3 is 0 Å². The van der Waals surface area contributed by atoms with Crippen molar-refractivity contribution in [3.63, 3.8) is 0 Å². The Hall–Kier alpha value is -2.43. The molecule has 0 bridgehead atoms. The Bertz CT molecular complexity index is 602. The summed E-state index contributed by atoms with van der Waals surface area (Å²) < 4.78 is 0. The van der Waals surface area contributed by atoms with Gasteiger partial charge in [-0.15, -0.1) is 0 Å². The van der Waals surface area contributed by atoms with Gasteiger partial charge < -0.3 is 5.32 Å². The zero-order valence-corrected chi connectivity index (χ0v) is 11.3. The molecule has 20 heavy (non-hydrogen) atoms. The second-order valence-corrected chi connectivity index (χ2v) is 4.53. The van der Waals surface area contributed by atoms with Crippen LogP contribution in [0.15, 0.2) is 47.3 Å². The molecule has 0 aliphatic carbocycles. The number of H-pyrrole nitrogens is 1. The van der Waals surface area contributed by atoms with E-state index in [0.717, 1.165) is 6.42 Å². The lowest BCUT2D eigenvalue weighted by Crippen LogP contribution is -2.29. The first kappa shape index (κ1) is 14.0. The summed E-state index contributed by atoms with van der Waals surface area (Å²) in [7, 11) is 0. The summed E-state index contributed by atoms with van der Waals surface area (Å²) in [4.78, 5) is 22.8. The second kappa shape index (κ2) is 6.65. The molecule has 2 rings (SSSR count). The minimum atomic E-state index is -0.322. The third kappa shape index (κ3) is 3.54. The predicted molar refractivity (Wildman–Crippen MR) is 76.7 cm³/mol. The third-order valence-corrected chi connectivity index (χ3v) is 3.18. The Balaban J connectivity index is 1.98. The quantitative estimate of drug-likeness (QED) is 0.869. The van der Waals surface area contributed by atoms with Gasteiger partial charge in [-0.1, -0.05) is 37.3 Å². The van der Waals surface area contributed by atoms with Crippen LogP contribution in [0.4, 0.5) is 0 Å². The van der Waals surface area contributed by atoms with Crippen molar-refractivity contribution >= 4 is 5.91 Å². The largest absolute Gasteiger partial charge is 0.350 e. The van der Waals surface area contributed by atoms with Crippen LogP contribution in [0, 0.1) is 0 Å². The van der Waals surface area contributed by atoms with Crippen molar-refractivity contribution in [2.24, 2.45) is 0 Å². The molecule has 1 aromatic heterocycles. The van der Waals surface area contributed by atoms with E-state index < -0.39 is 0 Å². The molecule has 1 atom stereocenters. The van der Waals surface area contributed by atoms with E-state index >= 15 is 0 Å². The normalized spacial score (nSPS) is 11.8. The number of carbonyl (C=O) groups excluding carboxylic acids is 1. The van der Waals surface area contributed by atoms with E-state index in [1.165, 1.54) is 17.7 Å². The number of aromatic amines is 1. The van der Waals surface area contributed by atoms with E-state index in [4.69, 9.17) is 0 Å². The summed E-state index contributed by atoms with van der Waals surface area (Å²) in [5.74, 6) is -0.0152. The summed E-state index contributed by atoms with van der Waals surface area (Å²) >= 11 is 0. The van der Waals surface area contributed by atoms with E-state index in [1.807, 2.05) is 18.2 Å². The Kier molecular flexibility index (Phi) is 4.65. The average Bonchev–Trinajstić information content (AvgIpc) is 2.49. The van der Waals surface area contributed by atoms with Gasteiger partial charge in [-0.3, -0.25) is 9.59 Å². The van der Waals surface area contributed by atoms with E-state index in [2.05, 4.69) is 34.6 Å². The van der Waals surface area contributed by atoms with Crippen molar-refractivity contribution in [1.29, 1.82) is 0 Å². The van der Waals surface area contributed by atoms with Crippen molar-refractivity contribution in [2.45, 2.75) is 19.3 Å². The smallest absolute Gasteiger partial charge is 0.271 e. The molecule has 1 heterocycles. The lowest BCUT2D eigenvalue weighted by atomic mass is 9.96. The highest BCUT2D eigenvalue weighted by Crippen LogP contribution is 2.17. The van der Waals surface area contributed by atoms with Gasteiger partial charge in [0.2, 0.25) is 0 Å². The monoisotopic (exact) mass is 271 g/mol. The highest BCUT2D eigenvalue weighted by Gasteiger charge is 2.12. The average molecular weight is 271 g/mol. The maximum atomic E-state index is 11.9. The van der Waals surface area contributed by atoms with Crippen LogP contribution in [0.3, 0.4) is 0 Å². The number of nitrogens with one attached hydrogen (secondary N) is 2. The van der Waals surface area contributed by atoms with E-state index in [0.29, 0.717) is 6.54 Å². The van der Waals surface area contributed by atoms with Gasteiger partial charge in [0.1, 0.15) is 5.69 Å². The van der Waals surface area contributed by atoms with E-state index in [1.54, 1.807) is 0 Å². The number of rotatable bonds is 5. The van der Waals surface area contributed by atoms with Crippen molar-refractivity contribution in [1.82, 2.24) is 15.5 Å². The lowest BCUT2D eigenvalue weighted by Gasteiger charge is -2.15. The number of aromatic nitrogens is 2. The van der Waals surface area contributed by atoms with Gasteiger partial charge in [0, 0.05) is 18.5 Å². The lowest BCUT2D eigenvalue weighted by molar-refractivity contribution is 0.0945. The number of nitrogens with zero attached hydrogens (tertiary/aromatic N) is 1. The molecule has 5 nitrogen and oxygen atoms in total. The molecule has 104 valence electrons. The molecular formula is C15H17N3O2. The maximum Gasteiger partial charge on any atom is 0.271 e. The Morgan fingerprint density at radius 3 is 2.60 bits per heavy atom. The highest BCUT2D eigenvalue weighted by molar-refractivity contribution is 5.91. The van der Waals surface area contributed by atoms with Crippen molar-refractivity contribution in [3.8, 4) is 0 Å². The standard InChI is InChI=1S/C15H17N3O2/c1-2-11(12-6-4-3-5-7-12)10-16-15(20)13-8-9-14(19)18-17-13/h3-9,11H,2,10H2,1H3,(H,16,20)(H,18,19). The number of benzene rings is 1. The van der Waals surface area contributed by atoms with Crippen LogP contribution in [0.25, 0.3) is 0 Å². The molecule has 0 saturated carbocycles. The highest BCUT2D eigenvalue weighted by atomic mass is 16.2. The van der Waals surface area contributed by atoms with Crippen LogP contribution < -0.4 is 10.9 Å². The van der Waals surface area contributed by atoms with Gasteiger partial charge in [0.05, 0.1) is 0 Å². The minimum Gasteiger partial charge on any atom is -0.350 e. The van der Waals surface area contributed by atoms with Gasteiger partial charge in [-0.2, -0.15) is 5.10 Å². The Morgan fingerprint density at radius 2 is 2.00 bits per heavy atom. The zero-order valence-electron chi connectivity index (χ0n) is 11.3. The van der Waals surface area contributed by atoms with Crippen molar-refractivity contribution in [3.05, 3.63) is 64.1 Å². The molecule has 5 heteroatoms. The second-order valence-electron chi connectivity index (χ2n) is 4.53. The molecule has 0 aliphatic rings. The van der Waals surface area contributed by atoms with Crippen LogP contribution in [-0.2, 0) is 0 Å². The summed E-state index contributed by atoms with van der Waals surface area (Å²) in [6.45, 7) is 2.63. The number of hydrogen-bond acceptors (Lipinski definition) is 3. The summed E-state index contributed by atoms with van der Waals surface area (Å²) in [5.41, 5.74) is 1.09. The fraction of sp³-hybridized carbons (Fsp3) is 0.267. The van der Waals surface area contributed by atoms with Gasteiger partial charge in [0.15, 0.2) is 0 Å². The minimum absolute atomic E-state index is 0.215. The number of hydrogen-bond donors (Lipinski definition) is 2. The zero-order chi connectivity index (χ0) is 14.4. The van der Waals surface area contributed by atoms with Crippen molar-refractivity contribution in [2.75, 3.05) is 6.54 Å². The first-order valence-electron chi connectivity index (χ1n) is 6.59. The fourth-order valence-corrected chi connectivity index (χ4v) is 2.00. The molecule has 1 aromatic carbocycles. The first-order chi connectivity index (χ1) is 9.70. The maximum absolute atomic E-state index is 11.9. The molecule has 0 saturated heterocycles. The van der Waals surface area contributed by atoms with Crippen LogP contribution in [-0.4, -0.2) is 22.6 Å².